The van der Waals surface area contributed by atoms with Crippen LogP contribution in [0.25, 0.3) is 0 Å². The average Bonchev–Trinajstić information content (AvgIpc) is 3.75. The number of fused-ring (bicyclic) bond motifs is 1. The Morgan fingerprint density at radius 2 is 1.05 bits per heavy atom. The maximum absolute atomic E-state index is 13.0. The number of likely N-dealkylation sites (N-methyl/N-ethyl adjacent to an activating group) is 1. The molecule has 2 aliphatic rings. The van der Waals surface area contributed by atoms with E-state index < -0.39 is 49.4 Å². The summed E-state index contributed by atoms with van der Waals surface area (Å²) in [5.74, 6) is -0.892. The van der Waals surface area contributed by atoms with Gasteiger partial charge in [0.2, 0.25) is 0 Å². The molecule has 0 bridgehead atoms. The number of aromatic amines is 1. The van der Waals surface area contributed by atoms with Crippen LogP contribution in [-0.4, -0.2) is 79.0 Å². The average molecular weight is 898 g/mol. The van der Waals surface area contributed by atoms with Crippen molar-refractivity contribution in [3.63, 3.8) is 0 Å². The monoisotopic (exact) mass is 898 g/mol. The smallest absolute Gasteiger partial charge is 0.330 e. The number of rotatable bonds is 40. The van der Waals surface area contributed by atoms with E-state index in [9.17, 15) is 19.0 Å². The van der Waals surface area contributed by atoms with Crippen LogP contribution in [0, 0.1) is 0 Å². The van der Waals surface area contributed by atoms with Crippen LogP contribution in [0.15, 0.2) is 21.9 Å². The highest BCUT2D eigenvalue weighted by Crippen LogP contribution is 2.48. The second kappa shape index (κ2) is 31.5. The number of aromatic nitrogens is 2. The van der Waals surface area contributed by atoms with Crippen LogP contribution in [0.2, 0.25) is 0 Å². The summed E-state index contributed by atoms with van der Waals surface area (Å²) in [6.45, 7) is 4.66. The van der Waals surface area contributed by atoms with Gasteiger partial charge in [0.1, 0.15) is 31.5 Å². The van der Waals surface area contributed by atoms with E-state index >= 15 is 0 Å². The summed E-state index contributed by atoms with van der Waals surface area (Å²) < 4.78 is 45.3. The molecular formula is C49H92N3O9P. The largest absolute Gasteiger partial charge is 0.756 e. The lowest BCUT2D eigenvalue weighted by Crippen LogP contribution is -2.38. The van der Waals surface area contributed by atoms with Crippen molar-refractivity contribution in [1.82, 2.24) is 9.55 Å². The van der Waals surface area contributed by atoms with Gasteiger partial charge in [0.15, 0.2) is 12.0 Å². The van der Waals surface area contributed by atoms with Crippen molar-refractivity contribution in [3.8, 4) is 0 Å². The minimum atomic E-state index is -4.65. The second-order valence-electron chi connectivity index (χ2n) is 19.6. The van der Waals surface area contributed by atoms with Crippen molar-refractivity contribution >= 4 is 7.82 Å². The molecule has 12 nitrogen and oxygen atoms in total. The predicted molar refractivity (Wildman–Crippen MR) is 249 cm³/mol. The van der Waals surface area contributed by atoms with Gasteiger partial charge in [0.25, 0.3) is 13.4 Å². The highest BCUT2D eigenvalue weighted by Gasteiger charge is 2.58. The molecule has 13 heteroatoms. The summed E-state index contributed by atoms with van der Waals surface area (Å²) in [6, 6.07) is 1.27. The maximum Gasteiger partial charge on any atom is 0.330 e. The van der Waals surface area contributed by atoms with Crippen LogP contribution in [0.4, 0.5) is 0 Å². The molecule has 3 rings (SSSR count). The number of quaternary nitrogens is 1. The van der Waals surface area contributed by atoms with Crippen molar-refractivity contribution in [2.45, 2.75) is 250 Å². The number of hydrogen-bond donors (Lipinski definition) is 1. The highest BCUT2D eigenvalue weighted by molar-refractivity contribution is 7.45. The zero-order chi connectivity index (χ0) is 44.9. The summed E-state index contributed by atoms with van der Waals surface area (Å²) in [6.07, 6.45) is 38.2. The van der Waals surface area contributed by atoms with E-state index in [2.05, 4.69) is 18.8 Å². The van der Waals surface area contributed by atoms with E-state index in [1.165, 1.54) is 184 Å². The van der Waals surface area contributed by atoms with Crippen LogP contribution in [0.3, 0.4) is 0 Å². The number of phosphoric acid groups is 1. The van der Waals surface area contributed by atoms with Crippen molar-refractivity contribution in [2.75, 3.05) is 40.9 Å². The number of hydrogen-bond acceptors (Lipinski definition) is 9. The van der Waals surface area contributed by atoms with Crippen molar-refractivity contribution in [3.05, 3.63) is 33.1 Å². The van der Waals surface area contributed by atoms with Gasteiger partial charge in [-0.2, -0.15) is 0 Å². The Bertz CT molecular complexity index is 1410. The molecule has 2 aliphatic heterocycles. The molecule has 5 atom stereocenters. The molecule has 1 unspecified atom stereocenters. The van der Waals surface area contributed by atoms with E-state index in [0.717, 1.165) is 25.7 Å². The van der Waals surface area contributed by atoms with Crippen LogP contribution in [-0.2, 0) is 27.8 Å². The molecular weight excluding hydrogens is 806 g/mol. The Kier molecular flexibility index (Phi) is 27.9. The number of nitrogens with zero attached hydrogens (tertiary/aromatic N) is 2. The van der Waals surface area contributed by atoms with E-state index in [0.29, 0.717) is 23.9 Å². The molecule has 2 saturated heterocycles. The first-order chi connectivity index (χ1) is 29.9. The van der Waals surface area contributed by atoms with Gasteiger partial charge in [-0.1, -0.05) is 194 Å². The van der Waals surface area contributed by atoms with Crippen LogP contribution >= 0.6 is 7.82 Å². The van der Waals surface area contributed by atoms with Crippen molar-refractivity contribution in [1.29, 1.82) is 0 Å². The Morgan fingerprint density at radius 1 is 0.645 bits per heavy atom. The zero-order valence-electron chi connectivity index (χ0n) is 40.2. The Hall–Kier alpha value is -1.37. The molecule has 3 heterocycles. The highest BCUT2D eigenvalue weighted by atomic mass is 31.2. The third kappa shape index (κ3) is 23.2. The maximum atomic E-state index is 13.0. The molecule has 0 aromatic carbocycles. The fourth-order valence-corrected chi connectivity index (χ4v) is 9.72. The second-order valence-corrected chi connectivity index (χ2v) is 21.1. The summed E-state index contributed by atoms with van der Waals surface area (Å²) in [5.41, 5.74) is -1.15. The fraction of sp³-hybridized carbons (Fsp3) is 0.918. The first kappa shape index (κ1) is 55.0. The molecule has 0 radical (unpaired) electrons. The lowest BCUT2D eigenvalue weighted by atomic mass is 9.98. The Balaban J connectivity index is 1.55. The summed E-state index contributed by atoms with van der Waals surface area (Å²) in [4.78, 5) is 40.2. The summed E-state index contributed by atoms with van der Waals surface area (Å²) in [5, 5.41) is 0. The van der Waals surface area contributed by atoms with Gasteiger partial charge in [-0.05, 0) is 12.8 Å². The number of nitrogens with one attached hydrogen (secondary N) is 1. The molecule has 1 aromatic heterocycles. The van der Waals surface area contributed by atoms with Gasteiger partial charge in [0.05, 0.1) is 27.7 Å². The Morgan fingerprint density at radius 3 is 1.45 bits per heavy atom. The molecule has 0 amide bonds. The fourth-order valence-electron chi connectivity index (χ4n) is 9.01. The first-order valence-electron chi connectivity index (χ1n) is 25.6. The van der Waals surface area contributed by atoms with Crippen molar-refractivity contribution in [2.24, 2.45) is 0 Å². The molecule has 0 aliphatic carbocycles. The van der Waals surface area contributed by atoms with E-state index in [-0.39, 0.29) is 13.2 Å². The van der Waals surface area contributed by atoms with Gasteiger partial charge >= 0.3 is 5.69 Å². The number of H-pyrrole nitrogens is 1. The molecule has 362 valence electrons. The number of unbranched alkanes of at least 4 members (excludes halogenated alkanes) is 28. The van der Waals surface area contributed by atoms with E-state index in [4.69, 9.17) is 23.3 Å². The molecule has 1 N–H and O–H groups in total. The van der Waals surface area contributed by atoms with Crippen LogP contribution in [0.1, 0.15) is 226 Å². The van der Waals surface area contributed by atoms with Crippen molar-refractivity contribution < 1.29 is 37.2 Å². The zero-order valence-corrected chi connectivity index (χ0v) is 41.1. The SMILES string of the molecule is CCCCCCCCCCCCCCCCCC1(CCCCCCCCCCCCCCCCC)O[C@@H]2[C@H](O1)[C@@H](COP(=O)([O-])OCC[N+](C)(C)C)O[C@H]2n1ccc(=O)[nH]c1=O. The summed E-state index contributed by atoms with van der Waals surface area (Å²) in [7, 11) is 1.20. The van der Waals surface area contributed by atoms with Crippen LogP contribution < -0.4 is 16.1 Å². The lowest BCUT2D eigenvalue weighted by Gasteiger charge is -2.32. The molecule has 62 heavy (non-hydrogen) atoms. The molecule has 0 saturated carbocycles. The third-order valence-electron chi connectivity index (χ3n) is 12.8. The van der Waals surface area contributed by atoms with E-state index in [1.54, 1.807) is 0 Å². The van der Waals surface area contributed by atoms with Gasteiger partial charge in [-0.15, -0.1) is 0 Å². The predicted octanol–water partition coefficient (Wildman–Crippen LogP) is 11.6. The number of phosphoric ester groups is 1. The van der Waals surface area contributed by atoms with Gasteiger partial charge in [0, 0.05) is 25.1 Å². The normalized spacial score (nSPS) is 20.8. The topological polar surface area (TPSA) is 141 Å². The molecule has 1 aromatic rings. The Labute approximate surface area is 377 Å². The lowest BCUT2D eigenvalue weighted by molar-refractivity contribution is -0.870. The number of ether oxygens (including phenoxy) is 3. The minimum absolute atomic E-state index is 0.0154. The molecule has 0 spiro atoms. The van der Waals surface area contributed by atoms with Crippen LogP contribution in [0.5, 0.6) is 0 Å². The van der Waals surface area contributed by atoms with Gasteiger partial charge < -0.3 is 32.6 Å². The summed E-state index contributed by atoms with van der Waals surface area (Å²) >= 11 is 0. The molecule has 2 fully saturated rings. The standard InChI is InChI=1S/C49H92N3O9P/c1-6-8-10-12-14-16-18-20-22-24-26-28-30-32-34-37-49(38-35-33-31-29-27-25-23-21-19-17-15-13-11-9-7-2)60-45-43(42-58-62(55,56)57-41-40-52(3,4)5)59-47(46(45)61-49)51-39-36-44(53)50-48(51)54/h36,39,43,45-47H,6-35,37-38,40-42H2,1-5H3,(H-,50,53,54,55,56)/t43-,45-,46-,47-/m1/s1. The quantitative estimate of drug-likeness (QED) is 0.0387. The van der Waals surface area contributed by atoms with Gasteiger partial charge in [-0.3, -0.25) is 18.9 Å². The minimum Gasteiger partial charge on any atom is -0.756 e. The first-order valence-corrected chi connectivity index (χ1v) is 27.1. The third-order valence-corrected chi connectivity index (χ3v) is 13.8. The van der Waals surface area contributed by atoms with Gasteiger partial charge in [-0.25, -0.2) is 4.79 Å². The van der Waals surface area contributed by atoms with E-state index in [1.807, 2.05) is 21.1 Å².